The van der Waals surface area contributed by atoms with Crippen LogP contribution in [-0.2, 0) is 18.9 Å². The number of hydrogen-bond acceptors (Lipinski definition) is 10. The number of carbonyl (C=O) groups is 2. The Hall–Kier alpha value is -5.32. The van der Waals surface area contributed by atoms with Crippen LogP contribution in [0.25, 0.3) is 0 Å². The maximum absolute atomic E-state index is 12.1. The fraction of sp³-hybridized carbons (Fsp3) is 0.333. The van der Waals surface area contributed by atoms with Gasteiger partial charge in [0.05, 0.1) is 48.9 Å². The quantitative estimate of drug-likeness (QED) is 0.0369. The molecular formula is C42H44N2O8. The summed E-state index contributed by atoms with van der Waals surface area (Å²) in [6.45, 7) is 3.30. The van der Waals surface area contributed by atoms with E-state index in [2.05, 4.69) is 9.98 Å². The number of rotatable bonds is 21. The van der Waals surface area contributed by atoms with Gasteiger partial charge in [-0.25, -0.2) is 9.59 Å². The van der Waals surface area contributed by atoms with E-state index in [4.69, 9.17) is 28.4 Å². The second-order valence-corrected chi connectivity index (χ2v) is 12.7. The lowest BCUT2D eigenvalue weighted by molar-refractivity contribution is 0.0468. The van der Waals surface area contributed by atoms with E-state index in [1.807, 2.05) is 48.5 Å². The van der Waals surface area contributed by atoms with Crippen LogP contribution in [0.3, 0.4) is 0 Å². The highest BCUT2D eigenvalue weighted by Gasteiger charge is 2.25. The predicted molar refractivity (Wildman–Crippen MR) is 199 cm³/mol. The largest absolute Gasteiger partial charge is 0.494 e. The Balaban J connectivity index is 0.774. The van der Waals surface area contributed by atoms with Crippen LogP contribution in [0, 0.1) is 0 Å². The number of hydrogen-bond donors (Lipinski definition) is 0. The van der Waals surface area contributed by atoms with Crippen molar-refractivity contribution in [1.29, 1.82) is 0 Å². The fourth-order valence-electron chi connectivity index (χ4n) is 5.09. The van der Waals surface area contributed by atoms with Gasteiger partial charge >= 0.3 is 11.9 Å². The summed E-state index contributed by atoms with van der Waals surface area (Å²) in [5.74, 6) is 0.989. The van der Waals surface area contributed by atoms with Crippen molar-refractivity contribution in [3.63, 3.8) is 0 Å². The number of ether oxygens (including phenoxy) is 6. The fourth-order valence-corrected chi connectivity index (χ4v) is 5.09. The molecule has 2 aliphatic rings. The molecule has 0 aliphatic carbocycles. The van der Waals surface area contributed by atoms with Gasteiger partial charge < -0.3 is 28.4 Å². The zero-order valence-corrected chi connectivity index (χ0v) is 29.2. The van der Waals surface area contributed by atoms with Gasteiger partial charge in [-0.2, -0.15) is 0 Å². The third kappa shape index (κ3) is 12.8. The summed E-state index contributed by atoms with van der Waals surface area (Å²) >= 11 is 0. The molecule has 0 radical (unpaired) electrons. The van der Waals surface area contributed by atoms with E-state index in [-0.39, 0.29) is 24.1 Å². The monoisotopic (exact) mass is 704 g/mol. The van der Waals surface area contributed by atoms with Gasteiger partial charge in [-0.3, -0.25) is 9.98 Å². The number of nitrogens with zero attached hydrogens (tertiary/aromatic N) is 2. The summed E-state index contributed by atoms with van der Waals surface area (Å²) in [7, 11) is 0. The molecular weight excluding hydrogens is 660 g/mol. The smallest absolute Gasteiger partial charge is 0.338 e. The molecule has 270 valence electrons. The summed E-state index contributed by atoms with van der Waals surface area (Å²) in [5, 5.41) is 0. The Labute approximate surface area is 304 Å². The van der Waals surface area contributed by atoms with Crippen molar-refractivity contribution in [3.8, 4) is 11.5 Å². The second-order valence-electron chi connectivity index (χ2n) is 12.7. The maximum atomic E-state index is 12.1. The van der Waals surface area contributed by atoms with Crippen molar-refractivity contribution in [3.05, 3.63) is 119 Å². The molecule has 10 heteroatoms. The van der Waals surface area contributed by atoms with Gasteiger partial charge in [-0.15, -0.1) is 0 Å². The highest BCUT2D eigenvalue weighted by Crippen LogP contribution is 2.19. The van der Waals surface area contributed by atoms with E-state index in [1.54, 1.807) is 61.0 Å². The normalized spacial score (nSPS) is 16.2. The van der Waals surface area contributed by atoms with Gasteiger partial charge in [0, 0.05) is 12.4 Å². The van der Waals surface area contributed by atoms with Crippen LogP contribution in [0.1, 0.15) is 70.4 Å². The van der Waals surface area contributed by atoms with Crippen LogP contribution in [0.15, 0.2) is 107 Å². The Morgan fingerprint density at radius 1 is 0.538 bits per heavy atom. The molecule has 0 amide bonds. The van der Waals surface area contributed by atoms with Crippen molar-refractivity contribution < 1.29 is 38.0 Å². The van der Waals surface area contributed by atoms with Crippen LogP contribution in [0.2, 0.25) is 0 Å². The summed E-state index contributed by atoms with van der Waals surface area (Å²) in [6.07, 6.45) is 10.3. The number of aliphatic imine (C=N–C) groups is 2. The van der Waals surface area contributed by atoms with Crippen LogP contribution in [0.5, 0.6) is 11.5 Å². The van der Waals surface area contributed by atoms with Gasteiger partial charge in [0.2, 0.25) is 0 Å². The van der Waals surface area contributed by atoms with Gasteiger partial charge in [0.15, 0.2) is 0 Å². The van der Waals surface area contributed by atoms with Crippen LogP contribution < -0.4 is 9.47 Å². The average molecular weight is 705 g/mol. The summed E-state index contributed by atoms with van der Waals surface area (Å²) < 4.78 is 32.4. The third-order valence-corrected chi connectivity index (χ3v) is 8.37. The first kappa shape index (κ1) is 36.5. The molecule has 2 unspecified atom stereocenters. The van der Waals surface area contributed by atoms with Crippen LogP contribution in [-0.4, -0.2) is 76.2 Å². The molecule has 2 heterocycles. The highest BCUT2D eigenvalue weighted by atomic mass is 16.6. The van der Waals surface area contributed by atoms with E-state index < -0.39 is 0 Å². The van der Waals surface area contributed by atoms with Crippen molar-refractivity contribution in [2.45, 2.75) is 50.7 Å². The number of unbranched alkanes of at least 4 members (excludes halogenated alkanes) is 5. The zero-order valence-electron chi connectivity index (χ0n) is 29.2. The molecule has 6 rings (SSSR count). The molecule has 0 N–H and O–H groups in total. The van der Waals surface area contributed by atoms with E-state index in [0.717, 1.165) is 59.7 Å². The molecule has 2 saturated heterocycles. The molecule has 4 aromatic rings. The Morgan fingerprint density at radius 3 is 1.27 bits per heavy atom. The van der Waals surface area contributed by atoms with E-state index >= 15 is 0 Å². The number of esters is 2. The van der Waals surface area contributed by atoms with Crippen LogP contribution >= 0.6 is 0 Å². The minimum Gasteiger partial charge on any atom is -0.494 e. The molecule has 2 atom stereocenters. The summed E-state index contributed by atoms with van der Waals surface area (Å²) in [5.41, 5.74) is 4.44. The van der Waals surface area contributed by atoms with Crippen molar-refractivity contribution in [1.82, 2.24) is 0 Å². The minimum atomic E-state index is -0.352. The highest BCUT2D eigenvalue weighted by molar-refractivity contribution is 5.91. The van der Waals surface area contributed by atoms with Crippen LogP contribution in [0.4, 0.5) is 11.4 Å². The molecule has 2 aliphatic heterocycles. The average Bonchev–Trinajstić information content (AvgIpc) is 4.13. The third-order valence-electron chi connectivity index (χ3n) is 8.37. The topological polar surface area (TPSA) is 121 Å². The van der Waals surface area contributed by atoms with Gasteiger partial charge in [-0.1, -0.05) is 25.7 Å². The number of epoxide rings is 2. The Bertz CT molecular complexity index is 1630. The van der Waals surface area contributed by atoms with Crippen molar-refractivity contribution in [2.24, 2.45) is 9.98 Å². The number of carbonyl (C=O) groups excluding carboxylic acids is 2. The van der Waals surface area contributed by atoms with Gasteiger partial charge in [0.1, 0.15) is 36.9 Å². The Morgan fingerprint density at radius 2 is 0.904 bits per heavy atom. The van der Waals surface area contributed by atoms with E-state index in [1.165, 1.54) is 12.8 Å². The summed E-state index contributed by atoms with van der Waals surface area (Å²) in [6, 6.07) is 29.8. The van der Waals surface area contributed by atoms with Gasteiger partial charge in [0.25, 0.3) is 0 Å². The molecule has 0 spiro atoms. The second kappa shape index (κ2) is 19.3. The molecule has 2 fully saturated rings. The van der Waals surface area contributed by atoms with Crippen molar-refractivity contribution >= 4 is 35.7 Å². The molecule has 0 saturated carbocycles. The van der Waals surface area contributed by atoms with Gasteiger partial charge in [-0.05, 0) is 121 Å². The number of benzene rings is 4. The zero-order chi connectivity index (χ0) is 35.8. The lowest BCUT2D eigenvalue weighted by atomic mass is 10.1. The van der Waals surface area contributed by atoms with E-state index in [9.17, 15) is 9.59 Å². The lowest BCUT2D eigenvalue weighted by Gasteiger charge is -2.07. The predicted octanol–water partition coefficient (Wildman–Crippen LogP) is 8.10. The minimum absolute atomic E-state index is 0.0529. The van der Waals surface area contributed by atoms with Crippen molar-refractivity contribution in [2.75, 3.05) is 39.6 Å². The molecule has 0 bridgehead atoms. The summed E-state index contributed by atoms with van der Waals surface area (Å²) in [4.78, 5) is 33.1. The standard InChI is InChI=1S/C42H44N2O8/c45-41(51-29-39-27-49-39)33-11-15-35(16-12-33)43-25-31-7-19-37(20-8-31)47-23-5-3-1-2-4-6-24-48-38-21-9-32(10-22-38)26-44-36-17-13-34(14-18-36)42(46)52-30-40-28-50-40/h7-22,25-26,39-40H,1-6,23-24,27-30H2. The van der Waals surface area contributed by atoms with E-state index in [0.29, 0.717) is 50.8 Å². The maximum Gasteiger partial charge on any atom is 0.338 e. The first-order valence-electron chi connectivity index (χ1n) is 17.9. The Kier molecular flexibility index (Phi) is 13.6. The molecule has 52 heavy (non-hydrogen) atoms. The lowest BCUT2D eigenvalue weighted by Crippen LogP contribution is -2.09. The molecule has 4 aromatic carbocycles. The first-order chi connectivity index (χ1) is 25.6. The molecule has 10 nitrogen and oxygen atoms in total. The first-order valence-corrected chi connectivity index (χ1v) is 17.9. The molecule has 0 aromatic heterocycles. The SMILES string of the molecule is O=C(OCC1CO1)c1ccc(N=Cc2ccc(OCCCCCCCCOc3ccc(C=Nc4ccc(C(=O)OCC5CO5)cc4)cc3)cc2)cc1.